The number of likely N-dealkylation sites (N-methyl/N-ethyl adjacent to an activating group) is 1. The van der Waals surface area contributed by atoms with Crippen LogP contribution < -0.4 is 26.6 Å². The zero-order chi connectivity index (χ0) is 28.4. The lowest BCUT2D eigenvalue weighted by Gasteiger charge is -2.35. The highest BCUT2D eigenvalue weighted by Crippen LogP contribution is 2.33. The average molecular weight is 540 g/mol. The minimum Gasteiger partial charge on any atom is -0.497 e. The van der Waals surface area contributed by atoms with Crippen LogP contribution in [0.5, 0.6) is 5.75 Å². The van der Waals surface area contributed by atoms with Gasteiger partial charge in [0.15, 0.2) is 11.2 Å². The van der Waals surface area contributed by atoms with Gasteiger partial charge in [0.2, 0.25) is 5.95 Å². The van der Waals surface area contributed by atoms with Crippen LogP contribution in [0.25, 0.3) is 11.2 Å². The minimum absolute atomic E-state index is 0.0687. The molecular formula is C26H33N7O6. The van der Waals surface area contributed by atoms with Crippen molar-refractivity contribution in [3.05, 3.63) is 61.9 Å². The van der Waals surface area contributed by atoms with Crippen molar-refractivity contribution < 1.29 is 19.1 Å². The molecule has 208 valence electrons. The average Bonchev–Trinajstić information content (AvgIpc) is 3.30. The fourth-order valence-electron chi connectivity index (χ4n) is 4.57. The van der Waals surface area contributed by atoms with E-state index >= 15 is 0 Å². The van der Waals surface area contributed by atoms with Crippen molar-refractivity contribution in [3.8, 4) is 5.75 Å². The lowest BCUT2D eigenvalue weighted by molar-refractivity contribution is -0.139. The van der Waals surface area contributed by atoms with E-state index in [1.54, 1.807) is 49.9 Å². The fourth-order valence-corrected chi connectivity index (χ4v) is 4.57. The van der Waals surface area contributed by atoms with Gasteiger partial charge in [0.25, 0.3) is 5.56 Å². The molecule has 0 radical (unpaired) electrons. The van der Waals surface area contributed by atoms with Crippen LogP contribution in [0.3, 0.4) is 0 Å². The number of fused-ring (bicyclic) bond motifs is 1. The van der Waals surface area contributed by atoms with Gasteiger partial charge in [0.1, 0.15) is 5.75 Å². The Morgan fingerprint density at radius 2 is 1.77 bits per heavy atom. The molecule has 2 aromatic heterocycles. The molecule has 1 aliphatic heterocycles. The number of aryl methyl sites for hydroxylation is 1. The van der Waals surface area contributed by atoms with E-state index in [0.29, 0.717) is 29.5 Å². The van der Waals surface area contributed by atoms with Gasteiger partial charge in [-0.05, 0) is 31.0 Å². The Bertz CT molecular complexity index is 1560. The highest BCUT2D eigenvalue weighted by atomic mass is 16.5. The van der Waals surface area contributed by atoms with Crippen LogP contribution in [-0.2, 0) is 30.2 Å². The molecule has 4 rings (SSSR count). The maximum Gasteiger partial charge on any atom is 0.338 e. The molecule has 39 heavy (non-hydrogen) atoms. The summed E-state index contributed by atoms with van der Waals surface area (Å²) in [5, 5.41) is 6.08. The summed E-state index contributed by atoms with van der Waals surface area (Å²) in [7, 11) is 6.02. The number of hydrogen-bond acceptors (Lipinski definition) is 8. The summed E-state index contributed by atoms with van der Waals surface area (Å²) in [5.74, 6) is 0.354. The highest BCUT2D eigenvalue weighted by molar-refractivity contribution is 5.95. The van der Waals surface area contributed by atoms with Crippen LogP contribution in [0.1, 0.15) is 31.9 Å². The Morgan fingerprint density at radius 1 is 1.08 bits per heavy atom. The number of carbonyl (C=O) groups excluding carboxylic acids is 2. The quantitative estimate of drug-likeness (QED) is 0.390. The smallest absolute Gasteiger partial charge is 0.338 e. The lowest BCUT2D eigenvalue weighted by atomic mass is 9.94. The molecule has 3 aromatic rings. The lowest BCUT2D eigenvalue weighted by Crippen LogP contribution is -2.48. The van der Waals surface area contributed by atoms with Gasteiger partial charge in [0.05, 0.1) is 37.6 Å². The Kier molecular flexibility index (Phi) is 7.79. The number of benzene rings is 1. The third-order valence-corrected chi connectivity index (χ3v) is 6.71. The molecule has 13 nitrogen and oxygen atoms in total. The number of aromatic nitrogens is 4. The number of esters is 1. The van der Waals surface area contributed by atoms with Gasteiger partial charge in [-0.3, -0.25) is 23.4 Å². The first-order valence-electron chi connectivity index (χ1n) is 12.6. The number of methoxy groups -OCH3 is 1. The molecule has 0 saturated carbocycles. The molecule has 1 atom stereocenters. The van der Waals surface area contributed by atoms with Crippen molar-refractivity contribution in [3.63, 3.8) is 0 Å². The standard InChI is InChI=1S/C26H33N7O6/c1-7-13-27-24-29-21-20(22(34)32(5)26(37)31(21)4)33(24)14-17-18(23(35)39-8-2)19(28-25(36)30(17)3)15-9-11-16(38-6)12-10-15/h9-12,19H,7-8,13-14H2,1-6H3,(H,27,29)(H,28,36). The number of nitrogens with one attached hydrogen (secondary N) is 2. The summed E-state index contributed by atoms with van der Waals surface area (Å²) in [4.78, 5) is 58.3. The maximum absolute atomic E-state index is 13.4. The van der Waals surface area contributed by atoms with Gasteiger partial charge < -0.3 is 20.1 Å². The Morgan fingerprint density at radius 3 is 2.38 bits per heavy atom. The second kappa shape index (κ2) is 11.1. The molecule has 0 saturated heterocycles. The van der Waals surface area contributed by atoms with Crippen molar-refractivity contribution in [1.29, 1.82) is 0 Å². The van der Waals surface area contributed by atoms with E-state index in [0.717, 1.165) is 11.0 Å². The maximum atomic E-state index is 13.4. The molecule has 2 N–H and O–H groups in total. The predicted molar refractivity (Wildman–Crippen MR) is 145 cm³/mol. The summed E-state index contributed by atoms with van der Waals surface area (Å²) in [6.07, 6.45) is 0.777. The van der Waals surface area contributed by atoms with Crippen molar-refractivity contribution in [2.75, 3.05) is 32.6 Å². The van der Waals surface area contributed by atoms with E-state index < -0.39 is 29.3 Å². The fraction of sp³-hybridized carbons (Fsp3) is 0.423. The Hall–Kier alpha value is -4.55. The number of anilines is 1. The molecular weight excluding hydrogens is 506 g/mol. The van der Waals surface area contributed by atoms with Crippen LogP contribution in [0.4, 0.5) is 10.7 Å². The molecule has 0 spiro atoms. The van der Waals surface area contributed by atoms with Gasteiger partial charge in [-0.15, -0.1) is 0 Å². The number of allylic oxidation sites excluding steroid dienone is 1. The van der Waals surface area contributed by atoms with Gasteiger partial charge in [-0.1, -0.05) is 19.1 Å². The summed E-state index contributed by atoms with van der Waals surface area (Å²) in [6, 6.07) is 5.75. The molecule has 0 aliphatic carbocycles. The third-order valence-electron chi connectivity index (χ3n) is 6.71. The van der Waals surface area contributed by atoms with Crippen LogP contribution in [0.2, 0.25) is 0 Å². The first-order chi connectivity index (χ1) is 18.6. The number of amides is 2. The van der Waals surface area contributed by atoms with E-state index in [2.05, 4.69) is 15.6 Å². The normalized spacial score (nSPS) is 15.5. The van der Waals surface area contributed by atoms with Crippen LogP contribution >= 0.6 is 0 Å². The highest BCUT2D eigenvalue weighted by Gasteiger charge is 2.37. The van der Waals surface area contributed by atoms with Gasteiger partial charge >= 0.3 is 17.7 Å². The van der Waals surface area contributed by atoms with Gasteiger partial charge in [-0.2, -0.15) is 4.98 Å². The van der Waals surface area contributed by atoms with Crippen molar-refractivity contribution in [1.82, 2.24) is 28.9 Å². The molecule has 3 heterocycles. The zero-order valence-electron chi connectivity index (χ0n) is 22.9. The van der Waals surface area contributed by atoms with Gasteiger partial charge in [-0.25, -0.2) is 14.4 Å². The second-order valence-corrected chi connectivity index (χ2v) is 9.12. The van der Waals surface area contributed by atoms with Crippen molar-refractivity contribution in [2.24, 2.45) is 14.1 Å². The first kappa shape index (κ1) is 27.5. The molecule has 0 fully saturated rings. The predicted octanol–water partition coefficient (Wildman–Crippen LogP) is 1.48. The number of urea groups is 1. The minimum atomic E-state index is -0.817. The van der Waals surface area contributed by atoms with Crippen molar-refractivity contribution in [2.45, 2.75) is 32.9 Å². The number of rotatable bonds is 9. The van der Waals surface area contributed by atoms with Crippen LogP contribution in [-0.4, -0.2) is 62.9 Å². The summed E-state index contributed by atoms with van der Waals surface area (Å²) in [6.45, 7) is 4.29. The van der Waals surface area contributed by atoms with Gasteiger partial charge in [0, 0.05) is 27.7 Å². The SMILES string of the molecule is CCCNc1nc2c(c(=O)n(C)c(=O)n2C)n1CC1=C(C(=O)OCC)C(c2ccc(OC)cc2)NC(=O)N1C. The molecule has 1 unspecified atom stereocenters. The molecule has 1 aliphatic rings. The van der Waals surface area contributed by atoms with Crippen molar-refractivity contribution >= 4 is 29.1 Å². The largest absolute Gasteiger partial charge is 0.497 e. The molecule has 0 bridgehead atoms. The monoisotopic (exact) mass is 539 g/mol. The number of ether oxygens (including phenoxy) is 2. The number of carbonyl (C=O) groups is 2. The Balaban J connectivity index is 1.98. The number of nitrogens with zero attached hydrogens (tertiary/aromatic N) is 5. The summed E-state index contributed by atoms with van der Waals surface area (Å²) in [5.41, 5.74) is 0.485. The van der Waals surface area contributed by atoms with E-state index in [-0.39, 0.29) is 29.9 Å². The van der Waals surface area contributed by atoms with E-state index in [1.165, 1.54) is 23.6 Å². The topological polar surface area (TPSA) is 142 Å². The molecule has 1 aromatic carbocycles. The van der Waals surface area contributed by atoms with Crippen LogP contribution in [0, 0.1) is 0 Å². The van der Waals surface area contributed by atoms with Crippen LogP contribution in [0.15, 0.2) is 45.1 Å². The number of imidazole rings is 1. The molecule has 2 amide bonds. The summed E-state index contributed by atoms with van der Waals surface area (Å²) >= 11 is 0. The Labute approximate surface area is 224 Å². The third kappa shape index (κ3) is 4.87. The number of hydrogen-bond donors (Lipinski definition) is 2. The van der Waals surface area contributed by atoms with E-state index in [9.17, 15) is 19.2 Å². The zero-order valence-corrected chi connectivity index (χ0v) is 22.9. The van der Waals surface area contributed by atoms with E-state index in [1.807, 2.05) is 6.92 Å². The van der Waals surface area contributed by atoms with E-state index in [4.69, 9.17) is 9.47 Å². The summed E-state index contributed by atoms with van der Waals surface area (Å²) < 4.78 is 14.6. The second-order valence-electron chi connectivity index (χ2n) is 9.12. The first-order valence-corrected chi connectivity index (χ1v) is 12.6. The molecule has 13 heteroatoms.